The second-order valence-corrected chi connectivity index (χ2v) is 4.76. The van der Waals surface area contributed by atoms with Gasteiger partial charge in [0, 0.05) is 11.8 Å². The Hall–Kier alpha value is -1.67. The molecule has 0 atom stereocenters. The average Bonchev–Trinajstić information content (AvgIpc) is 2.33. The maximum absolute atomic E-state index is 6.06. The molecule has 0 unspecified atom stereocenters. The molecule has 0 amide bonds. The van der Waals surface area contributed by atoms with E-state index < -0.39 is 0 Å². The van der Waals surface area contributed by atoms with Gasteiger partial charge in [-0.3, -0.25) is 0 Å². The van der Waals surface area contributed by atoms with Gasteiger partial charge in [-0.05, 0) is 42.7 Å². The van der Waals surface area contributed by atoms with Crippen LogP contribution in [0.3, 0.4) is 0 Å². The largest absolute Gasteiger partial charge is 0.487 e. The smallest absolute Gasteiger partial charge is 0.140 e. The van der Waals surface area contributed by atoms with E-state index in [-0.39, 0.29) is 0 Å². The van der Waals surface area contributed by atoms with Crippen molar-refractivity contribution in [3.63, 3.8) is 0 Å². The molecule has 2 aromatic carbocycles. The Morgan fingerprint density at radius 2 is 1.78 bits per heavy atom. The molecule has 0 aromatic heterocycles. The molecule has 18 heavy (non-hydrogen) atoms. The van der Waals surface area contributed by atoms with Crippen molar-refractivity contribution in [2.24, 2.45) is 0 Å². The second kappa shape index (κ2) is 5.32. The zero-order valence-electron chi connectivity index (χ0n) is 10.5. The van der Waals surface area contributed by atoms with E-state index in [2.05, 4.69) is 26.0 Å². The lowest BCUT2D eigenvalue weighted by atomic mass is 10.0. The van der Waals surface area contributed by atoms with Crippen molar-refractivity contribution in [1.29, 1.82) is 0 Å². The number of hydrogen-bond donors (Lipinski definition) is 1. The lowest BCUT2D eigenvalue weighted by Gasteiger charge is -2.12. The van der Waals surface area contributed by atoms with Crippen LogP contribution in [0, 0.1) is 13.8 Å². The lowest BCUT2D eigenvalue weighted by molar-refractivity contribution is 0.305. The third kappa shape index (κ3) is 2.77. The van der Waals surface area contributed by atoms with E-state index in [0.29, 0.717) is 23.1 Å². The highest BCUT2D eigenvalue weighted by atomic mass is 35.5. The highest BCUT2D eigenvalue weighted by molar-refractivity contribution is 6.32. The van der Waals surface area contributed by atoms with Crippen LogP contribution in [0.4, 0.5) is 5.69 Å². The summed E-state index contributed by atoms with van der Waals surface area (Å²) in [5.41, 5.74) is 9.99. The molecular formula is C15H16ClNO. The van der Waals surface area contributed by atoms with Crippen molar-refractivity contribution in [1.82, 2.24) is 0 Å². The first-order valence-corrected chi connectivity index (χ1v) is 6.18. The molecule has 0 fully saturated rings. The minimum atomic E-state index is 0.502. The van der Waals surface area contributed by atoms with Gasteiger partial charge in [0.15, 0.2) is 0 Å². The summed E-state index contributed by atoms with van der Waals surface area (Å²) in [5.74, 6) is 0.624. The Bertz CT molecular complexity index is 546. The van der Waals surface area contributed by atoms with E-state index >= 15 is 0 Å². The van der Waals surface area contributed by atoms with Crippen LogP contribution >= 0.6 is 11.6 Å². The summed E-state index contributed by atoms with van der Waals surface area (Å²) in [6.45, 7) is 4.65. The van der Waals surface area contributed by atoms with Crippen LogP contribution in [-0.2, 0) is 6.61 Å². The molecule has 0 radical (unpaired) electrons. The van der Waals surface area contributed by atoms with Crippen LogP contribution < -0.4 is 10.5 Å². The van der Waals surface area contributed by atoms with Crippen molar-refractivity contribution in [3.05, 3.63) is 58.1 Å². The summed E-state index contributed by atoms with van der Waals surface area (Å²) in [4.78, 5) is 0. The summed E-state index contributed by atoms with van der Waals surface area (Å²) in [7, 11) is 0. The van der Waals surface area contributed by atoms with Crippen molar-refractivity contribution in [2.75, 3.05) is 5.73 Å². The molecule has 2 nitrogen and oxygen atoms in total. The molecule has 0 aliphatic rings. The quantitative estimate of drug-likeness (QED) is 0.844. The SMILES string of the molecule is Cc1cccc(C)c1COc1cc(N)ccc1Cl. The highest BCUT2D eigenvalue weighted by Crippen LogP contribution is 2.28. The molecule has 0 spiro atoms. The number of nitrogens with two attached hydrogens (primary N) is 1. The summed E-state index contributed by atoms with van der Waals surface area (Å²) < 4.78 is 5.75. The maximum Gasteiger partial charge on any atom is 0.140 e. The number of benzene rings is 2. The van der Waals surface area contributed by atoms with Crippen LogP contribution in [0.25, 0.3) is 0 Å². The van der Waals surface area contributed by atoms with Gasteiger partial charge in [0.05, 0.1) is 5.02 Å². The highest BCUT2D eigenvalue weighted by Gasteiger charge is 2.06. The summed E-state index contributed by atoms with van der Waals surface area (Å²) >= 11 is 6.06. The number of halogens is 1. The maximum atomic E-state index is 6.06. The fraction of sp³-hybridized carbons (Fsp3) is 0.200. The van der Waals surface area contributed by atoms with Gasteiger partial charge in [-0.1, -0.05) is 29.8 Å². The zero-order chi connectivity index (χ0) is 13.1. The molecule has 0 aliphatic heterocycles. The Morgan fingerprint density at radius 1 is 1.11 bits per heavy atom. The standard InChI is InChI=1S/C15H16ClNO/c1-10-4-3-5-11(2)13(10)9-18-15-8-12(17)6-7-14(15)16/h3-8H,9,17H2,1-2H3. The molecule has 94 valence electrons. The third-order valence-corrected chi connectivity index (χ3v) is 3.28. The van der Waals surface area contributed by atoms with E-state index in [0.717, 1.165) is 0 Å². The van der Waals surface area contributed by atoms with E-state index in [1.54, 1.807) is 18.2 Å². The summed E-state index contributed by atoms with van der Waals surface area (Å²) in [5, 5.41) is 0.579. The molecule has 0 saturated carbocycles. The minimum absolute atomic E-state index is 0.502. The van der Waals surface area contributed by atoms with Gasteiger partial charge in [-0.15, -0.1) is 0 Å². The number of rotatable bonds is 3. The Kier molecular flexibility index (Phi) is 3.78. The topological polar surface area (TPSA) is 35.2 Å². The van der Waals surface area contributed by atoms with E-state index in [1.165, 1.54) is 16.7 Å². The molecule has 0 bridgehead atoms. The molecule has 0 aliphatic carbocycles. The molecule has 2 N–H and O–H groups in total. The Labute approximate surface area is 112 Å². The fourth-order valence-electron chi connectivity index (χ4n) is 1.86. The van der Waals surface area contributed by atoms with Gasteiger partial charge in [-0.2, -0.15) is 0 Å². The van der Waals surface area contributed by atoms with Gasteiger partial charge in [-0.25, -0.2) is 0 Å². The monoisotopic (exact) mass is 261 g/mol. The van der Waals surface area contributed by atoms with E-state index in [4.69, 9.17) is 22.1 Å². The van der Waals surface area contributed by atoms with E-state index in [1.807, 2.05) is 6.07 Å². The van der Waals surface area contributed by atoms with Crippen LogP contribution in [-0.4, -0.2) is 0 Å². The molecule has 0 heterocycles. The van der Waals surface area contributed by atoms with Crippen molar-refractivity contribution in [3.8, 4) is 5.75 Å². The van der Waals surface area contributed by atoms with Crippen LogP contribution in [0.5, 0.6) is 5.75 Å². The number of ether oxygens (including phenoxy) is 1. The predicted octanol–water partition coefficient (Wildman–Crippen LogP) is 4.12. The summed E-state index contributed by atoms with van der Waals surface area (Å²) in [6.07, 6.45) is 0. The predicted molar refractivity (Wildman–Crippen MR) is 76.1 cm³/mol. The molecule has 2 rings (SSSR count). The number of aryl methyl sites for hydroxylation is 2. The van der Waals surface area contributed by atoms with Crippen molar-refractivity contribution >= 4 is 17.3 Å². The van der Waals surface area contributed by atoms with Crippen LogP contribution in [0.2, 0.25) is 5.02 Å². The van der Waals surface area contributed by atoms with Gasteiger partial charge >= 0.3 is 0 Å². The first-order valence-electron chi connectivity index (χ1n) is 5.81. The van der Waals surface area contributed by atoms with Crippen LogP contribution in [0.15, 0.2) is 36.4 Å². The van der Waals surface area contributed by atoms with E-state index in [9.17, 15) is 0 Å². The average molecular weight is 262 g/mol. The first-order chi connectivity index (χ1) is 8.58. The fourth-order valence-corrected chi connectivity index (χ4v) is 2.03. The van der Waals surface area contributed by atoms with Gasteiger partial charge < -0.3 is 10.5 Å². The molecule has 2 aromatic rings. The van der Waals surface area contributed by atoms with Gasteiger partial charge in [0.1, 0.15) is 12.4 Å². The molecule has 0 saturated heterocycles. The van der Waals surface area contributed by atoms with Crippen molar-refractivity contribution in [2.45, 2.75) is 20.5 Å². The second-order valence-electron chi connectivity index (χ2n) is 4.35. The number of nitrogen functional groups attached to an aromatic ring is 1. The van der Waals surface area contributed by atoms with Gasteiger partial charge in [0.25, 0.3) is 0 Å². The normalized spacial score (nSPS) is 10.4. The number of hydrogen-bond acceptors (Lipinski definition) is 2. The first kappa shape index (κ1) is 12.8. The summed E-state index contributed by atoms with van der Waals surface area (Å²) in [6, 6.07) is 11.4. The Balaban J connectivity index is 2.19. The minimum Gasteiger partial charge on any atom is -0.487 e. The molecular weight excluding hydrogens is 246 g/mol. The van der Waals surface area contributed by atoms with Crippen LogP contribution in [0.1, 0.15) is 16.7 Å². The van der Waals surface area contributed by atoms with Crippen molar-refractivity contribution < 1.29 is 4.74 Å². The number of anilines is 1. The third-order valence-electron chi connectivity index (χ3n) is 2.97. The van der Waals surface area contributed by atoms with Gasteiger partial charge in [0.2, 0.25) is 0 Å². The molecule has 3 heteroatoms. The zero-order valence-corrected chi connectivity index (χ0v) is 11.3. The lowest BCUT2D eigenvalue weighted by Crippen LogP contribution is -2.01. The Morgan fingerprint density at radius 3 is 2.44 bits per heavy atom.